The minimum atomic E-state index is -0.365. The molecule has 0 radical (unpaired) electrons. The molecule has 4 aromatic rings. The number of urea groups is 1. The van der Waals surface area contributed by atoms with Gasteiger partial charge in [0.25, 0.3) is 0 Å². The SMILES string of the molecule is CCCN(Cc1ccccc1)c1cc(NC(=O)Nc2cc(C)cc(C)c2)cc(-c2ccccc2C(=N)N=NN)n1. The summed E-state index contributed by atoms with van der Waals surface area (Å²) in [6.07, 6.45) is 0.910. The normalized spacial score (nSPS) is 10.9. The van der Waals surface area contributed by atoms with Crippen molar-refractivity contribution in [3.05, 3.63) is 107 Å². The molecular weight excluding hydrogens is 500 g/mol. The van der Waals surface area contributed by atoms with E-state index < -0.39 is 0 Å². The van der Waals surface area contributed by atoms with E-state index in [1.165, 1.54) is 0 Å². The largest absolute Gasteiger partial charge is 0.352 e. The molecule has 9 heteroatoms. The molecule has 1 heterocycles. The first-order chi connectivity index (χ1) is 19.4. The number of carbonyl (C=O) groups is 1. The van der Waals surface area contributed by atoms with Gasteiger partial charge in [-0.1, -0.05) is 72.8 Å². The number of aromatic nitrogens is 1. The van der Waals surface area contributed by atoms with Crippen LogP contribution < -0.4 is 21.4 Å². The molecule has 0 unspecified atom stereocenters. The molecule has 0 fully saturated rings. The van der Waals surface area contributed by atoms with Crippen molar-refractivity contribution in [2.75, 3.05) is 22.1 Å². The van der Waals surface area contributed by atoms with E-state index in [0.717, 1.165) is 29.7 Å². The van der Waals surface area contributed by atoms with Gasteiger partial charge in [-0.3, -0.25) is 5.41 Å². The minimum absolute atomic E-state index is 0.0814. The second kappa shape index (κ2) is 13.1. The highest BCUT2D eigenvalue weighted by Crippen LogP contribution is 2.30. The Morgan fingerprint density at radius 1 is 0.925 bits per heavy atom. The summed E-state index contributed by atoms with van der Waals surface area (Å²) in [5, 5.41) is 21.3. The van der Waals surface area contributed by atoms with Crippen molar-refractivity contribution >= 4 is 29.1 Å². The van der Waals surface area contributed by atoms with E-state index in [-0.39, 0.29) is 11.9 Å². The Labute approximate surface area is 234 Å². The van der Waals surface area contributed by atoms with Gasteiger partial charge < -0.3 is 21.4 Å². The van der Waals surface area contributed by atoms with Gasteiger partial charge >= 0.3 is 6.03 Å². The Kier molecular flexibility index (Phi) is 9.19. The molecule has 2 amide bonds. The average molecular weight is 535 g/mol. The lowest BCUT2D eigenvalue weighted by atomic mass is 10.0. The first kappa shape index (κ1) is 28.0. The molecule has 0 aliphatic carbocycles. The lowest BCUT2D eigenvalue weighted by molar-refractivity contribution is 0.262. The van der Waals surface area contributed by atoms with Crippen LogP contribution in [0.1, 0.15) is 35.6 Å². The first-order valence-electron chi connectivity index (χ1n) is 13.1. The van der Waals surface area contributed by atoms with Crippen LogP contribution in [0, 0.1) is 19.3 Å². The van der Waals surface area contributed by atoms with Crippen LogP contribution in [-0.2, 0) is 6.54 Å². The third kappa shape index (κ3) is 7.28. The maximum atomic E-state index is 13.1. The molecule has 204 valence electrons. The zero-order valence-corrected chi connectivity index (χ0v) is 23.0. The van der Waals surface area contributed by atoms with Gasteiger partial charge in [-0.05, 0) is 55.2 Å². The topological polar surface area (TPSA) is 132 Å². The highest BCUT2D eigenvalue weighted by molar-refractivity contribution is 6.03. The van der Waals surface area contributed by atoms with Crippen LogP contribution in [0.5, 0.6) is 0 Å². The van der Waals surface area contributed by atoms with Crippen molar-refractivity contribution in [2.45, 2.75) is 33.7 Å². The smallest absolute Gasteiger partial charge is 0.323 e. The number of nitrogens with one attached hydrogen (secondary N) is 3. The second-order valence-electron chi connectivity index (χ2n) is 9.57. The summed E-state index contributed by atoms with van der Waals surface area (Å²) >= 11 is 0. The third-order valence-corrected chi connectivity index (χ3v) is 6.20. The van der Waals surface area contributed by atoms with Crippen LogP contribution >= 0.6 is 0 Å². The molecule has 0 aliphatic heterocycles. The van der Waals surface area contributed by atoms with Gasteiger partial charge in [-0.15, -0.1) is 5.11 Å². The van der Waals surface area contributed by atoms with Gasteiger partial charge in [0.15, 0.2) is 5.84 Å². The molecule has 0 atom stereocenters. The Bertz CT molecular complexity index is 1500. The van der Waals surface area contributed by atoms with Crippen molar-refractivity contribution < 1.29 is 4.79 Å². The number of nitrogens with zero attached hydrogens (tertiary/aromatic N) is 4. The Morgan fingerprint density at radius 3 is 2.25 bits per heavy atom. The summed E-state index contributed by atoms with van der Waals surface area (Å²) in [6, 6.07) is 26.7. The van der Waals surface area contributed by atoms with Gasteiger partial charge in [0.1, 0.15) is 5.82 Å². The van der Waals surface area contributed by atoms with E-state index in [1.54, 1.807) is 12.1 Å². The number of hydrogen-bond donors (Lipinski definition) is 4. The molecule has 0 saturated carbocycles. The summed E-state index contributed by atoms with van der Waals surface area (Å²) in [6.45, 7) is 7.51. The molecule has 3 aromatic carbocycles. The van der Waals surface area contributed by atoms with E-state index in [9.17, 15) is 4.79 Å². The van der Waals surface area contributed by atoms with Crippen molar-refractivity contribution in [1.29, 1.82) is 5.41 Å². The van der Waals surface area contributed by atoms with Crippen LogP contribution in [0.2, 0.25) is 0 Å². The highest BCUT2D eigenvalue weighted by atomic mass is 16.2. The molecule has 0 aliphatic rings. The average Bonchev–Trinajstić information content (AvgIpc) is 2.92. The number of aryl methyl sites for hydroxylation is 2. The van der Waals surface area contributed by atoms with Gasteiger partial charge in [0, 0.05) is 41.7 Å². The standard InChI is InChI=1S/C31H34N8O/c1-4-14-39(20-23-10-6-5-7-11-23)29-19-25(35-31(40)34-24-16-21(2)15-22(3)17-24)18-28(36-29)26-12-8-9-13-27(26)30(32)37-38-33/h5-13,15-19H,4,14,20H2,1-3H3,(H3,32,33,37)(H2,34,35,36,40). The number of amidine groups is 1. The zero-order valence-electron chi connectivity index (χ0n) is 23.0. The third-order valence-electron chi connectivity index (χ3n) is 6.20. The van der Waals surface area contributed by atoms with Gasteiger partial charge in [0.2, 0.25) is 0 Å². The summed E-state index contributed by atoms with van der Waals surface area (Å²) < 4.78 is 0. The van der Waals surface area contributed by atoms with Crippen molar-refractivity contribution in [3.63, 3.8) is 0 Å². The zero-order chi connectivity index (χ0) is 28.5. The predicted molar refractivity (Wildman–Crippen MR) is 162 cm³/mol. The molecular formula is C31H34N8O. The van der Waals surface area contributed by atoms with Crippen LogP contribution in [0.4, 0.5) is 22.0 Å². The molecule has 9 nitrogen and oxygen atoms in total. The van der Waals surface area contributed by atoms with Crippen LogP contribution in [0.15, 0.2) is 95.3 Å². The molecule has 4 rings (SSSR count). The predicted octanol–water partition coefficient (Wildman–Crippen LogP) is 7.08. The summed E-state index contributed by atoms with van der Waals surface area (Å²) in [4.78, 5) is 20.2. The van der Waals surface area contributed by atoms with Gasteiger partial charge in [-0.2, -0.15) is 0 Å². The lowest BCUT2D eigenvalue weighted by Gasteiger charge is -2.25. The van der Waals surface area contributed by atoms with Gasteiger partial charge in [0.05, 0.1) is 5.69 Å². The summed E-state index contributed by atoms with van der Waals surface area (Å²) in [5.74, 6) is 5.85. The van der Waals surface area contributed by atoms with E-state index in [1.807, 2.05) is 68.4 Å². The molecule has 40 heavy (non-hydrogen) atoms. The Morgan fingerprint density at radius 2 is 1.57 bits per heavy atom. The molecule has 0 bridgehead atoms. The number of benzene rings is 3. The highest BCUT2D eigenvalue weighted by Gasteiger charge is 2.17. The second-order valence-corrected chi connectivity index (χ2v) is 9.57. The first-order valence-corrected chi connectivity index (χ1v) is 13.1. The monoisotopic (exact) mass is 534 g/mol. The number of carbonyl (C=O) groups excluding carboxylic acids is 1. The quantitative estimate of drug-likeness (QED) is 0.0600. The minimum Gasteiger partial charge on any atom is -0.352 e. The summed E-state index contributed by atoms with van der Waals surface area (Å²) in [5.41, 5.74) is 6.34. The van der Waals surface area contributed by atoms with Crippen LogP contribution in [-0.4, -0.2) is 23.4 Å². The van der Waals surface area contributed by atoms with Crippen molar-refractivity contribution in [1.82, 2.24) is 4.98 Å². The number of pyridine rings is 1. The fourth-order valence-electron chi connectivity index (χ4n) is 4.60. The lowest BCUT2D eigenvalue weighted by Crippen LogP contribution is -2.25. The number of hydrogen-bond acceptors (Lipinski definition) is 5. The molecule has 1 aromatic heterocycles. The van der Waals surface area contributed by atoms with Crippen LogP contribution in [0.25, 0.3) is 11.3 Å². The fourth-order valence-corrected chi connectivity index (χ4v) is 4.60. The number of anilines is 3. The Balaban J connectivity index is 1.75. The van der Waals surface area contributed by atoms with Crippen molar-refractivity contribution in [3.8, 4) is 11.3 Å². The van der Waals surface area contributed by atoms with E-state index in [0.29, 0.717) is 40.6 Å². The van der Waals surface area contributed by atoms with E-state index in [4.69, 9.17) is 16.2 Å². The van der Waals surface area contributed by atoms with E-state index >= 15 is 0 Å². The molecule has 0 saturated heterocycles. The number of rotatable bonds is 9. The molecule has 0 spiro atoms. The number of amides is 2. The molecule has 5 N–H and O–H groups in total. The van der Waals surface area contributed by atoms with Crippen LogP contribution in [0.3, 0.4) is 0 Å². The van der Waals surface area contributed by atoms with Crippen molar-refractivity contribution in [2.24, 2.45) is 16.2 Å². The summed E-state index contributed by atoms with van der Waals surface area (Å²) in [7, 11) is 0. The Hall–Kier alpha value is -5.05. The van der Waals surface area contributed by atoms with E-state index in [2.05, 4.69) is 51.0 Å². The maximum Gasteiger partial charge on any atom is 0.323 e. The number of nitrogens with two attached hydrogens (primary N) is 1. The fraction of sp³-hybridized carbons (Fsp3) is 0.194. The van der Waals surface area contributed by atoms with Gasteiger partial charge in [-0.25, -0.2) is 9.78 Å². The maximum absolute atomic E-state index is 13.1.